The molecule has 1 aromatic carbocycles. The van der Waals surface area contributed by atoms with Gasteiger partial charge in [0, 0.05) is 13.1 Å². The van der Waals surface area contributed by atoms with Crippen molar-refractivity contribution in [3.8, 4) is 6.07 Å². The van der Waals surface area contributed by atoms with E-state index < -0.39 is 0 Å². The molecule has 17 heavy (non-hydrogen) atoms. The van der Waals surface area contributed by atoms with Gasteiger partial charge in [-0.3, -0.25) is 0 Å². The number of hydrogen-bond donors (Lipinski definition) is 0. The van der Waals surface area contributed by atoms with Crippen molar-refractivity contribution in [3.63, 3.8) is 0 Å². The van der Waals surface area contributed by atoms with Crippen LogP contribution in [0.15, 0.2) is 24.3 Å². The minimum absolute atomic E-state index is 0.0421. The Balaban J connectivity index is 2.52. The maximum Gasteiger partial charge on any atom is 0.123 e. The van der Waals surface area contributed by atoms with E-state index >= 15 is 0 Å². The molecule has 0 radical (unpaired) electrons. The molecule has 0 aliphatic rings. The van der Waals surface area contributed by atoms with Crippen molar-refractivity contribution in [1.29, 1.82) is 5.26 Å². The molecule has 0 spiro atoms. The van der Waals surface area contributed by atoms with Crippen LogP contribution in [0.2, 0.25) is 0 Å². The van der Waals surface area contributed by atoms with E-state index in [4.69, 9.17) is 5.26 Å². The van der Waals surface area contributed by atoms with E-state index in [1.165, 1.54) is 12.1 Å². The first-order chi connectivity index (χ1) is 8.02. The first kappa shape index (κ1) is 13.7. The van der Waals surface area contributed by atoms with Crippen LogP contribution in [0, 0.1) is 29.0 Å². The highest BCUT2D eigenvalue weighted by Crippen LogP contribution is 2.13. The molecule has 0 saturated carbocycles. The Morgan fingerprint density at radius 3 is 2.35 bits per heavy atom. The van der Waals surface area contributed by atoms with Gasteiger partial charge in [-0.25, -0.2) is 4.39 Å². The predicted molar refractivity (Wildman–Crippen MR) is 66.7 cm³/mol. The topological polar surface area (TPSA) is 27.0 Å². The minimum Gasteiger partial charge on any atom is -0.301 e. The van der Waals surface area contributed by atoms with E-state index in [1.54, 1.807) is 12.1 Å². The third kappa shape index (κ3) is 4.54. The Kier molecular flexibility index (Phi) is 5.11. The van der Waals surface area contributed by atoms with Gasteiger partial charge in [-0.15, -0.1) is 0 Å². The Morgan fingerprint density at radius 2 is 1.88 bits per heavy atom. The molecule has 0 N–H and O–H groups in total. The van der Waals surface area contributed by atoms with Gasteiger partial charge in [-0.05, 0) is 30.7 Å². The lowest BCUT2D eigenvalue weighted by molar-refractivity contribution is 0.265. The molecule has 0 aromatic heterocycles. The Labute approximate surface area is 103 Å². The van der Waals surface area contributed by atoms with Crippen molar-refractivity contribution < 1.29 is 4.39 Å². The molecule has 1 rings (SSSR count). The second-order valence-corrected chi connectivity index (χ2v) is 4.80. The minimum atomic E-state index is -0.214. The summed E-state index contributed by atoms with van der Waals surface area (Å²) in [6.07, 6.45) is 0. The van der Waals surface area contributed by atoms with Crippen LogP contribution in [0.4, 0.5) is 4.39 Å². The smallest absolute Gasteiger partial charge is 0.123 e. The quantitative estimate of drug-likeness (QED) is 0.783. The average molecular weight is 234 g/mol. The monoisotopic (exact) mass is 234 g/mol. The maximum atomic E-state index is 12.7. The summed E-state index contributed by atoms with van der Waals surface area (Å²) < 4.78 is 12.7. The second kappa shape index (κ2) is 6.36. The number of rotatable bonds is 5. The molecule has 3 heteroatoms. The van der Waals surface area contributed by atoms with E-state index in [1.807, 2.05) is 7.05 Å². The van der Waals surface area contributed by atoms with Gasteiger partial charge in [0.25, 0.3) is 0 Å². The van der Waals surface area contributed by atoms with Gasteiger partial charge in [0.2, 0.25) is 0 Å². The van der Waals surface area contributed by atoms with Crippen molar-refractivity contribution in [2.75, 3.05) is 13.6 Å². The molecule has 0 saturated heterocycles. The van der Waals surface area contributed by atoms with Crippen LogP contribution in [0.1, 0.15) is 19.4 Å². The molecular weight excluding hydrogens is 215 g/mol. The van der Waals surface area contributed by atoms with Crippen LogP contribution in [0.5, 0.6) is 0 Å². The number of benzene rings is 1. The van der Waals surface area contributed by atoms with Crippen LogP contribution in [0.3, 0.4) is 0 Å². The summed E-state index contributed by atoms with van der Waals surface area (Å²) in [6, 6.07) is 8.82. The molecule has 0 heterocycles. The largest absolute Gasteiger partial charge is 0.301 e. The number of nitriles is 1. The van der Waals surface area contributed by atoms with E-state index in [-0.39, 0.29) is 11.7 Å². The molecule has 1 unspecified atom stereocenters. The SMILES string of the molecule is CC(C)C(C#N)CN(C)Cc1ccc(F)cc1. The van der Waals surface area contributed by atoms with E-state index in [0.717, 1.165) is 18.7 Å². The normalized spacial score (nSPS) is 12.8. The summed E-state index contributed by atoms with van der Waals surface area (Å²) in [5, 5.41) is 9.02. The summed E-state index contributed by atoms with van der Waals surface area (Å²) in [5.74, 6) is 0.185. The zero-order valence-corrected chi connectivity index (χ0v) is 10.7. The fourth-order valence-corrected chi connectivity index (χ4v) is 1.70. The molecule has 0 aliphatic carbocycles. The Morgan fingerprint density at radius 1 is 1.29 bits per heavy atom. The first-order valence-corrected chi connectivity index (χ1v) is 5.85. The lowest BCUT2D eigenvalue weighted by Crippen LogP contribution is -2.27. The molecule has 0 amide bonds. The predicted octanol–water partition coefficient (Wildman–Crippen LogP) is 3.05. The average Bonchev–Trinajstić information content (AvgIpc) is 2.28. The summed E-state index contributed by atoms with van der Waals surface area (Å²) in [5.41, 5.74) is 1.06. The second-order valence-electron chi connectivity index (χ2n) is 4.80. The molecule has 0 bridgehead atoms. The highest BCUT2D eigenvalue weighted by Gasteiger charge is 2.14. The summed E-state index contributed by atoms with van der Waals surface area (Å²) in [4.78, 5) is 2.10. The third-order valence-electron chi connectivity index (χ3n) is 2.84. The zero-order valence-electron chi connectivity index (χ0n) is 10.7. The van der Waals surface area contributed by atoms with Gasteiger partial charge < -0.3 is 4.90 Å². The molecule has 0 aliphatic heterocycles. The van der Waals surface area contributed by atoms with E-state index in [0.29, 0.717) is 5.92 Å². The van der Waals surface area contributed by atoms with Gasteiger partial charge >= 0.3 is 0 Å². The van der Waals surface area contributed by atoms with Crippen LogP contribution >= 0.6 is 0 Å². The van der Waals surface area contributed by atoms with Crippen LogP contribution in [-0.4, -0.2) is 18.5 Å². The molecule has 1 aromatic rings. The standard InChI is InChI=1S/C14H19FN2/c1-11(2)13(8-16)10-17(3)9-12-4-6-14(15)7-5-12/h4-7,11,13H,9-10H2,1-3H3. The van der Waals surface area contributed by atoms with Crippen molar-refractivity contribution in [3.05, 3.63) is 35.6 Å². The van der Waals surface area contributed by atoms with Crippen molar-refractivity contribution in [1.82, 2.24) is 4.90 Å². The van der Waals surface area contributed by atoms with E-state index in [2.05, 4.69) is 24.8 Å². The van der Waals surface area contributed by atoms with E-state index in [9.17, 15) is 4.39 Å². The fourth-order valence-electron chi connectivity index (χ4n) is 1.70. The summed E-state index contributed by atoms with van der Waals surface area (Å²) in [7, 11) is 1.98. The fraction of sp³-hybridized carbons (Fsp3) is 0.500. The van der Waals surface area contributed by atoms with Gasteiger partial charge in [0.05, 0.1) is 12.0 Å². The lowest BCUT2D eigenvalue weighted by atomic mass is 9.97. The van der Waals surface area contributed by atoms with Gasteiger partial charge in [-0.1, -0.05) is 26.0 Å². The van der Waals surface area contributed by atoms with Crippen LogP contribution in [0.25, 0.3) is 0 Å². The highest BCUT2D eigenvalue weighted by atomic mass is 19.1. The van der Waals surface area contributed by atoms with Gasteiger partial charge in [0.15, 0.2) is 0 Å². The third-order valence-corrected chi connectivity index (χ3v) is 2.84. The number of hydrogen-bond acceptors (Lipinski definition) is 2. The molecule has 92 valence electrons. The van der Waals surface area contributed by atoms with Crippen LogP contribution < -0.4 is 0 Å². The van der Waals surface area contributed by atoms with Crippen molar-refractivity contribution in [2.45, 2.75) is 20.4 Å². The van der Waals surface area contributed by atoms with Crippen molar-refractivity contribution >= 4 is 0 Å². The Bertz CT molecular complexity index is 378. The first-order valence-electron chi connectivity index (χ1n) is 5.85. The maximum absolute atomic E-state index is 12.7. The van der Waals surface area contributed by atoms with Gasteiger partial charge in [-0.2, -0.15) is 5.26 Å². The summed E-state index contributed by atoms with van der Waals surface area (Å²) in [6.45, 7) is 5.59. The zero-order chi connectivity index (χ0) is 12.8. The lowest BCUT2D eigenvalue weighted by Gasteiger charge is -2.21. The number of halogens is 1. The molecule has 1 atom stereocenters. The Hall–Kier alpha value is -1.40. The molecule has 0 fully saturated rings. The van der Waals surface area contributed by atoms with Gasteiger partial charge in [0.1, 0.15) is 5.82 Å². The highest BCUT2D eigenvalue weighted by molar-refractivity contribution is 5.15. The summed E-state index contributed by atoms with van der Waals surface area (Å²) >= 11 is 0. The molecular formula is C14H19FN2. The molecule has 2 nitrogen and oxygen atoms in total. The van der Waals surface area contributed by atoms with Crippen molar-refractivity contribution in [2.24, 2.45) is 11.8 Å². The van der Waals surface area contributed by atoms with Crippen LogP contribution in [-0.2, 0) is 6.54 Å². The number of nitrogens with zero attached hydrogens (tertiary/aromatic N) is 2.